The van der Waals surface area contributed by atoms with Crippen molar-refractivity contribution in [3.63, 3.8) is 0 Å². The number of hydrogen-bond donors (Lipinski definition) is 0. The van der Waals surface area contributed by atoms with E-state index in [9.17, 15) is 17.7 Å². The Morgan fingerprint density at radius 1 is 1.35 bits per heavy atom. The van der Waals surface area contributed by atoms with Crippen LogP contribution in [0.4, 0.5) is 13.2 Å². The minimum atomic E-state index is -3.23. The van der Waals surface area contributed by atoms with Crippen molar-refractivity contribution < 1.29 is 22.5 Å². The molecule has 0 aliphatic rings. The number of pyridine rings is 1. The van der Waals surface area contributed by atoms with E-state index in [4.69, 9.17) is 0 Å². The molecule has 2 unspecified atom stereocenters. The summed E-state index contributed by atoms with van der Waals surface area (Å²) in [5.41, 5.74) is 0.502. The summed E-state index contributed by atoms with van der Waals surface area (Å²) < 4.78 is 55.8. The second-order valence-corrected chi connectivity index (χ2v) is 6.76. The van der Waals surface area contributed by atoms with Gasteiger partial charge in [-0.05, 0) is 26.8 Å². The monoisotopic (exact) mass is 308 g/mol. The molecule has 0 aromatic carbocycles. The van der Waals surface area contributed by atoms with Crippen LogP contribution in [0.1, 0.15) is 26.3 Å². The van der Waals surface area contributed by atoms with Gasteiger partial charge in [-0.1, -0.05) is 4.40 Å². The molecule has 0 aliphatic carbocycles. The highest BCUT2D eigenvalue weighted by atomic mass is 32.2. The van der Waals surface area contributed by atoms with Crippen LogP contribution in [0.15, 0.2) is 22.7 Å². The van der Waals surface area contributed by atoms with Gasteiger partial charge in [0.25, 0.3) is 6.36 Å². The number of ether oxygens (including phenoxy) is 1. The molecule has 1 rings (SSSR count). The number of rotatable bonds is 5. The molecule has 0 saturated carbocycles. The van der Waals surface area contributed by atoms with Crippen LogP contribution in [0.5, 0.6) is 5.88 Å². The molecule has 0 aliphatic heterocycles. The van der Waals surface area contributed by atoms with Gasteiger partial charge in [-0.2, -0.15) is 4.39 Å². The first-order chi connectivity index (χ1) is 9.20. The third-order valence-corrected chi connectivity index (χ3v) is 3.36. The van der Waals surface area contributed by atoms with E-state index >= 15 is 0 Å². The van der Waals surface area contributed by atoms with Crippen molar-refractivity contribution in [3.05, 3.63) is 23.9 Å². The predicted molar refractivity (Wildman–Crippen MR) is 71.3 cm³/mol. The molecular formula is C12H15F3N2O2S. The van der Waals surface area contributed by atoms with Gasteiger partial charge in [-0.15, -0.1) is 0 Å². The lowest BCUT2D eigenvalue weighted by Crippen LogP contribution is -2.25. The molecule has 8 heteroatoms. The van der Waals surface area contributed by atoms with Crippen LogP contribution < -0.4 is 4.74 Å². The number of aromatic nitrogens is 1. The number of hydrogen-bond acceptors (Lipinski definition) is 4. The van der Waals surface area contributed by atoms with E-state index in [1.807, 2.05) is 0 Å². The molecule has 20 heavy (non-hydrogen) atoms. The lowest BCUT2D eigenvalue weighted by molar-refractivity contribution is -0.0690. The summed E-state index contributed by atoms with van der Waals surface area (Å²) in [5, 5.41) is 0. The molecule has 0 N–H and O–H groups in total. The highest BCUT2D eigenvalue weighted by molar-refractivity contribution is 7.91. The van der Waals surface area contributed by atoms with Crippen LogP contribution >= 0.6 is 0 Å². The minimum absolute atomic E-state index is 0.258. The lowest BCUT2D eigenvalue weighted by atomic mass is 10.3. The van der Waals surface area contributed by atoms with E-state index in [0.717, 1.165) is 0 Å². The van der Waals surface area contributed by atoms with Gasteiger partial charge >= 0.3 is 6.43 Å². The minimum Gasteiger partial charge on any atom is -0.591 e. The van der Waals surface area contributed by atoms with Crippen LogP contribution in [0.25, 0.3) is 0 Å². The maximum absolute atomic E-state index is 12.6. The summed E-state index contributed by atoms with van der Waals surface area (Å²) in [4.78, 5) is 3.66. The molecule has 4 nitrogen and oxygen atoms in total. The molecule has 0 saturated heterocycles. The number of alkyl halides is 3. The summed E-state index contributed by atoms with van der Waals surface area (Å²) >= 11 is -1.41. The fraction of sp³-hybridized carbons (Fsp3) is 0.500. The maximum Gasteiger partial charge on any atom is 0.304 e. The lowest BCUT2D eigenvalue weighted by Gasteiger charge is -2.17. The molecule has 0 spiro atoms. The SMILES string of the molecule is CC(C)(C)[S+]([O-])N=Cc1ccc(OC(F)C(F)F)nc1. The van der Waals surface area contributed by atoms with Crippen molar-refractivity contribution in [2.45, 2.75) is 38.3 Å². The molecule has 2 atom stereocenters. The molecule has 0 fully saturated rings. The van der Waals surface area contributed by atoms with Gasteiger partial charge < -0.3 is 9.29 Å². The van der Waals surface area contributed by atoms with Crippen molar-refractivity contribution in [1.29, 1.82) is 0 Å². The largest absolute Gasteiger partial charge is 0.591 e. The number of halogens is 3. The fourth-order valence-electron chi connectivity index (χ4n) is 0.971. The van der Waals surface area contributed by atoms with Gasteiger partial charge in [-0.3, -0.25) is 0 Å². The maximum atomic E-state index is 12.6. The third-order valence-electron chi connectivity index (χ3n) is 2.01. The smallest absolute Gasteiger partial charge is 0.304 e. The van der Waals surface area contributed by atoms with E-state index in [1.54, 1.807) is 20.8 Å². The zero-order valence-corrected chi connectivity index (χ0v) is 12.0. The Labute approximate surface area is 118 Å². The molecule has 0 amide bonds. The van der Waals surface area contributed by atoms with Gasteiger partial charge in [0.1, 0.15) is 16.1 Å². The van der Waals surface area contributed by atoms with Gasteiger partial charge in [0.05, 0.1) is 6.21 Å². The van der Waals surface area contributed by atoms with Crippen molar-refractivity contribution >= 4 is 17.6 Å². The average Bonchev–Trinajstić information content (AvgIpc) is 2.36. The van der Waals surface area contributed by atoms with Gasteiger partial charge in [0, 0.05) is 17.8 Å². The Morgan fingerprint density at radius 2 is 2.00 bits per heavy atom. The zero-order chi connectivity index (χ0) is 15.3. The van der Waals surface area contributed by atoms with Crippen molar-refractivity contribution in [2.24, 2.45) is 4.40 Å². The highest BCUT2D eigenvalue weighted by Crippen LogP contribution is 2.17. The van der Waals surface area contributed by atoms with E-state index < -0.39 is 28.9 Å². The van der Waals surface area contributed by atoms with Crippen LogP contribution in [0, 0.1) is 0 Å². The van der Waals surface area contributed by atoms with E-state index in [2.05, 4.69) is 14.1 Å². The summed E-state index contributed by atoms with van der Waals surface area (Å²) in [6.07, 6.45) is -3.34. The Morgan fingerprint density at radius 3 is 2.45 bits per heavy atom. The van der Waals surface area contributed by atoms with Gasteiger partial charge in [0.2, 0.25) is 5.88 Å². The Bertz CT molecular complexity index is 449. The Kier molecular flexibility index (Phi) is 5.82. The van der Waals surface area contributed by atoms with Gasteiger partial charge in [-0.25, -0.2) is 13.8 Å². The molecule has 1 aromatic rings. The third kappa shape index (κ3) is 5.38. The topological polar surface area (TPSA) is 57.5 Å². The molecule has 0 bridgehead atoms. The predicted octanol–water partition coefficient (Wildman–Crippen LogP) is 2.90. The van der Waals surface area contributed by atoms with Crippen molar-refractivity contribution in [2.75, 3.05) is 0 Å². The first kappa shape index (κ1) is 16.8. The molecule has 112 valence electrons. The van der Waals surface area contributed by atoms with Crippen LogP contribution in [0.3, 0.4) is 0 Å². The van der Waals surface area contributed by atoms with Crippen molar-refractivity contribution in [1.82, 2.24) is 4.98 Å². The molecular weight excluding hydrogens is 293 g/mol. The van der Waals surface area contributed by atoms with E-state index in [-0.39, 0.29) is 5.88 Å². The highest BCUT2D eigenvalue weighted by Gasteiger charge is 2.25. The first-order valence-corrected chi connectivity index (χ1v) is 6.82. The molecule has 1 aromatic heterocycles. The Balaban J connectivity index is 2.65. The van der Waals surface area contributed by atoms with Crippen LogP contribution in [0.2, 0.25) is 0 Å². The quantitative estimate of drug-likeness (QED) is 0.621. The van der Waals surface area contributed by atoms with Crippen LogP contribution in [-0.4, -0.2) is 33.3 Å². The normalized spacial score (nSPS) is 15.6. The summed E-state index contributed by atoms with van der Waals surface area (Å²) in [6.45, 7) is 5.34. The molecule has 0 radical (unpaired) electrons. The summed E-state index contributed by atoms with van der Waals surface area (Å²) in [7, 11) is 0. The van der Waals surface area contributed by atoms with E-state index in [0.29, 0.717) is 5.56 Å². The fourth-order valence-corrected chi connectivity index (χ4v) is 1.51. The summed E-state index contributed by atoms with van der Waals surface area (Å²) in [5.74, 6) is -0.258. The molecule has 1 heterocycles. The first-order valence-electron chi connectivity index (χ1n) is 5.71. The van der Waals surface area contributed by atoms with Gasteiger partial charge in [0.15, 0.2) is 0 Å². The zero-order valence-electron chi connectivity index (χ0n) is 11.2. The second-order valence-electron chi connectivity index (χ2n) is 4.83. The average molecular weight is 308 g/mol. The second kappa shape index (κ2) is 6.94. The Hall–Kier alpha value is -1.28. The summed E-state index contributed by atoms with van der Waals surface area (Å²) in [6, 6.07) is 2.68. The van der Waals surface area contributed by atoms with E-state index in [1.165, 1.54) is 24.5 Å². The standard InChI is InChI=1S/C12H15F3N2O2S/c1-12(2,3)20(18)17-7-8-4-5-9(16-6-8)19-11(15)10(13)14/h4-7,10-11H,1-3H3. The number of nitrogens with zero attached hydrogens (tertiary/aromatic N) is 2. The van der Waals surface area contributed by atoms with Crippen molar-refractivity contribution in [3.8, 4) is 5.88 Å². The van der Waals surface area contributed by atoms with Crippen LogP contribution in [-0.2, 0) is 11.4 Å².